The fourth-order valence-electron chi connectivity index (χ4n) is 3.13. The summed E-state index contributed by atoms with van der Waals surface area (Å²) in [6.07, 6.45) is 0. The average molecular weight is 365 g/mol. The van der Waals surface area contributed by atoms with E-state index in [2.05, 4.69) is 0 Å². The summed E-state index contributed by atoms with van der Waals surface area (Å²) in [5.74, 6) is -0.740. The number of carbonyl (C=O) groups is 2. The number of likely N-dealkylation sites (N-methyl/N-ethyl adjacent to an activating group) is 1. The van der Waals surface area contributed by atoms with Crippen molar-refractivity contribution >= 4 is 28.8 Å². The summed E-state index contributed by atoms with van der Waals surface area (Å²) in [7, 11) is 5.56. The molecule has 0 aliphatic carbocycles. The maximum atomic E-state index is 13.2. The van der Waals surface area contributed by atoms with Crippen molar-refractivity contribution in [2.75, 3.05) is 44.1 Å². The van der Waals surface area contributed by atoms with Gasteiger partial charge >= 0.3 is 0 Å². The predicted octanol–water partition coefficient (Wildman–Crippen LogP) is 1.96. The van der Waals surface area contributed by atoms with E-state index in [0.717, 1.165) is 5.69 Å². The zero-order valence-electron chi connectivity index (χ0n) is 15.7. The number of hydrogen-bond donors (Lipinski definition) is 1. The minimum absolute atomic E-state index is 0.110. The Morgan fingerprint density at radius 3 is 2.07 bits per heavy atom. The van der Waals surface area contributed by atoms with Crippen LogP contribution in [0.4, 0.5) is 11.4 Å². The fraction of sp³-hybridized carbons (Fsp3) is 0.238. The lowest BCUT2D eigenvalue weighted by atomic mass is 10.0. The summed E-state index contributed by atoms with van der Waals surface area (Å²) in [6.45, 7) is 0.152. The van der Waals surface area contributed by atoms with Crippen LogP contribution in [0.1, 0.15) is 5.56 Å². The Hall–Kier alpha value is -3.12. The Bertz CT molecular complexity index is 873. The van der Waals surface area contributed by atoms with Gasteiger partial charge in [0.2, 0.25) is 0 Å². The molecule has 1 aliphatic rings. The van der Waals surface area contributed by atoms with Crippen LogP contribution in [0.15, 0.2) is 60.3 Å². The van der Waals surface area contributed by atoms with Gasteiger partial charge in [-0.15, -0.1) is 0 Å². The van der Waals surface area contributed by atoms with Crippen molar-refractivity contribution in [3.05, 3.63) is 65.9 Å². The highest BCUT2D eigenvalue weighted by atomic mass is 16.3. The smallest absolute Gasteiger partial charge is 0.282 e. The van der Waals surface area contributed by atoms with Gasteiger partial charge in [0.05, 0.1) is 17.9 Å². The molecule has 0 saturated heterocycles. The van der Waals surface area contributed by atoms with Gasteiger partial charge in [0.25, 0.3) is 11.8 Å². The molecule has 2 amide bonds. The molecule has 0 radical (unpaired) electrons. The molecule has 3 rings (SSSR count). The standard InChI is InChI=1S/C21H23N3O3/c1-22(2)16-9-11-17(12-10-16)24-20(26)18(15-7-5-4-6-8-15)19(21(24)27)23(3)13-14-25/h4-12,25H,13-14H2,1-3H3. The maximum Gasteiger partial charge on any atom is 0.282 e. The second-order valence-electron chi connectivity index (χ2n) is 6.59. The summed E-state index contributed by atoms with van der Waals surface area (Å²) in [5.41, 5.74) is 2.84. The zero-order valence-corrected chi connectivity index (χ0v) is 15.7. The number of aliphatic hydroxyl groups excluding tert-OH is 1. The van der Waals surface area contributed by atoms with Gasteiger partial charge in [0.15, 0.2) is 0 Å². The van der Waals surface area contributed by atoms with Crippen molar-refractivity contribution in [3.63, 3.8) is 0 Å². The minimum Gasteiger partial charge on any atom is -0.395 e. The second-order valence-corrected chi connectivity index (χ2v) is 6.59. The molecule has 0 saturated carbocycles. The summed E-state index contributed by atoms with van der Waals surface area (Å²) in [6, 6.07) is 16.4. The first kappa shape index (κ1) is 18.7. The minimum atomic E-state index is -0.382. The van der Waals surface area contributed by atoms with E-state index in [0.29, 0.717) is 22.5 Å². The Labute approximate surface area is 158 Å². The van der Waals surface area contributed by atoms with Crippen LogP contribution in [0.25, 0.3) is 5.57 Å². The molecule has 0 atom stereocenters. The molecule has 1 aliphatic heterocycles. The third-order valence-electron chi connectivity index (χ3n) is 4.56. The number of nitrogens with zero attached hydrogens (tertiary/aromatic N) is 3. The largest absolute Gasteiger partial charge is 0.395 e. The molecular formula is C21H23N3O3. The molecular weight excluding hydrogens is 342 g/mol. The van der Waals surface area contributed by atoms with E-state index in [-0.39, 0.29) is 25.0 Å². The zero-order chi connectivity index (χ0) is 19.6. The van der Waals surface area contributed by atoms with Gasteiger partial charge in [0, 0.05) is 33.4 Å². The second kappa shape index (κ2) is 7.63. The number of imide groups is 1. The average Bonchev–Trinajstić information content (AvgIpc) is 2.93. The number of anilines is 2. The topological polar surface area (TPSA) is 64.1 Å². The van der Waals surface area contributed by atoms with Crippen LogP contribution in [0, 0.1) is 0 Å². The van der Waals surface area contributed by atoms with Crippen molar-refractivity contribution < 1.29 is 14.7 Å². The molecule has 27 heavy (non-hydrogen) atoms. The number of benzene rings is 2. The third-order valence-corrected chi connectivity index (χ3v) is 4.56. The lowest BCUT2D eigenvalue weighted by Gasteiger charge is -2.21. The van der Waals surface area contributed by atoms with E-state index in [4.69, 9.17) is 0 Å². The molecule has 0 unspecified atom stereocenters. The Kier molecular flexibility index (Phi) is 5.28. The Morgan fingerprint density at radius 1 is 0.889 bits per heavy atom. The molecule has 6 nitrogen and oxygen atoms in total. The van der Waals surface area contributed by atoms with Crippen LogP contribution >= 0.6 is 0 Å². The van der Waals surface area contributed by atoms with Crippen LogP contribution in [-0.4, -0.2) is 56.1 Å². The first-order valence-electron chi connectivity index (χ1n) is 8.73. The van der Waals surface area contributed by atoms with E-state index in [1.165, 1.54) is 4.90 Å². The van der Waals surface area contributed by atoms with Gasteiger partial charge < -0.3 is 14.9 Å². The van der Waals surface area contributed by atoms with Gasteiger partial charge in [-0.1, -0.05) is 30.3 Å². The number of aliphatic hydroxyl groups is 1. The van der Waals surface area contributed by atoms with Gasteiger partial charge in [-0.25, -0.2) is 4.90 Å². The molecule has 0 spiro atoms. The third kappa shape index (κ3) is 3.44. The number of hydrogen-bond acceptors (Lipinski definition) is 5. The van der Waals surface area contributed by atoms with E-state index < -0.39 is 0 Å². The van der Waals surface area contributed by atoms with Crippen LogP contribution in [0.5, 0.6) is 0 Å². The van der Waals surface area contributed by atoms with Crippen molar-refractivity contribution in [3.8, 4) is 0 Å². The fourth-order valence-corrected chi connectivity index (χ4v) is 3.13. The monoisotopic (exact) mass is 365 g/mol. The maximum absolute atomic E-state index is 13.2. The molecule has 0 fully saturated rings. The van der Waals surface area contributed by atoms with Gasteiger partial charge in [0.1, 0.15) is 5.70 Å². The van der Waals surface area contributed by atoms with Crippen LogP contribution in [0.2, 0.25) is 0 Å². The number of rotatable bonds is 6. The highest BCUT2D eigenvalue weighted by molar-refractivity contribution is 6.45. The quantitative estimate of drug-likeness (QED) is 0.793. The van der Waals surface area contributed by atoms with E-state index >= 15 is 0 Å². The van der Waals surface area contributed by atoms with Crippen molar-refractivity contribution in [2.45, 2.75) is 0 Å². The molecule has 1 heterocycles. The molecule has 2 aromatic rings. The molecule has 6 heteroatoms. The number of carbonyl (C=O) groups excluding carboxylic acids is 2. The highest BCUT2D eigenvalue weighted by Crippen LogP contribution is 2.34. The Morgan fingerprint density at radius 2 is 1.52 bits per heavy atom. The van der Waals surface area contributed by atoms with Crippen LogP contribution < -0.4 is 9.80 Å². The summed E-state index contributed by atoms with van der Waals surface area (Å²) >= 11 is 0. The first-order valence-corrected chi connectivity index (χ1v) is 8.73. The van der Waals surface area contributed by atoms with Gasteiger partial charge in [-0.2, -0.15) is 0 Å². The van der Waals surface area contributed by atoms with E-state index in [1.54, 1.807) is 24.1 Å². The van der Waals surface area contributed by atoms with Crippen molar-refractivity contribution in [1.82, 2.24) is 4.90 Å². The number of amides is 2. The molecule has 0 bridgehead atoms. The normalized spacial score (nSPS) is 14.1. The molecule has 1 N–H and O–H groups in total. The van der Waals surface area contributed by atoms with Gasteiger partial charge in [-0.05, 0) is 29.8 Å². The lowest BCUT2D eigenvalue weighted by Crippen LogP contribution is -2.34. The molecule has 140 valence electrons. The highest BCUT2D eigenvalue weighted by Gasteiger charge is 2.41. The first-order chi connectivity index (χ1) is 13.0. The summed E-state index contributed by atoms with van der Waals surface area (Å²) in [5, 5.41) is 9.29. The van der Waals surface area contributed by atoms with Crippen LogP contribution in [0.3, 0.4) is 0 Å². The predicted molar refractivity (Wildman–Crippen MR) is 106 cm³/mol. The lowest BCUT2D eigenvalue weighted by molar-refractivity contribution is -0.120. The SMILES string of the molecule is CN(CCO)C1=C(c2ccccc2)C(=O)N(c2ccc(N(C)C)cc2)C1=O. The molecule has 0 aromatic heterocycles. The van der Waals surface area contributed by atoms with Crippen LogP contribution in [-0.2, 0) is 9.59 Å². The van der Waals surface area contributed by atoms with E-state index in [9.17, 15) is 14.7 Å². The van der Waals surface area contributed by atoms with Crippen molar-refractivity contribution in [2.24, 2.45) is 0 Å². The Balaban J connectivity index is 2.06. The van der Waals surface area contributed by atoms with E-state index in [1.807, 2.05) is 61.5 Å². The van der Waals surface area contributed by atoms with Crippen molar-refractivity contribution in [1.29, 1.82) is 0 Å². The van der Waals surface area contributed by atoms with Gasteiger partial charge in [-0.3, -0.25) is 9.59 Å². The summed E-state index contributed by atoms with van der Waals surface area (Å²) < 4.78 is 0. The molecule has 2 aromatic carbocycles. The summed E-state index contributed by atoms with van der Waals surface area (Å²) in [4.78, 5) is 31.1.